The molecule has 1 fully saturated rings. The zero-order valence-corrected chi connectivity index (χ0v) is 22.8. The summed E-state index contributed by atoms with van der Waals surface area (Å²) in [5.74, 6) is 0.726. The molecule has 13 heteroatoms. The van der Waals surface area contributed by atoms with Crippen LogP contribution in [0.25, 0.3) is 45.2 Å². The number of nitrogens with one attached hydrogen (secondary N) is 2. The molecule has 39 heavy (non-hydrogen) atoms. The van der Waals surface area contributed by atoms with Crippen molar-refractivity contribution in [3.05, 3.63) is 70.5 Å². The van der Waals surface area contributed by atoms with E-state index in [0.29, 0.717) is 67.7 Å². The van der Waals surface area contributed by atoms with E-state index in [-0.39, 0.29) is 11.8 Å². The van der Waals surface area contributed by atoms with E-state index in [1.165, 1.54) is 12.1 Å². The van der Waals surface area contributed by atoms with Gasteiger partial charge in [0.15, 0.2) is 5.65 Å². The normalized spacial score (nSPS) is 13.7. The molecule has 1 aliphatic carbocycles. The summed E-state index contributed by atoms with van der Waals surface area (Å²) in [6, 6.07) is 14.7. The van der Waals surface area contributed by atoms with Gasteiger partial charge in [0.25, 0.3) is 10.1 Å². The molecule has 0 atom stereocenters. The standard InChI is InChI=1S/C26H21Cl2FN6O3S/c1-39(36,37)38-34-26-31-20-12-11-19(30-25(20)35(26)13-14-5-6-14)23-22(15-7-9-16(29)10-8-15)32-24(33-23)21-17(27)3-2-4-18(21)28/h2-4,7-12,14H,5-6,13H2,1H3,(H,31,34)(H,32,33). The summed E-state index contributed by atoms with van der Waals surface area (Å²) in [6.45, 7) is 0.594. The SMILES string of the molecule is CS(=O)(=O)ONc1nc2ccc(-c3[nH]c(-c4c(Cl)cccc4Cl)nc3-c3ccc(F)cc3)nc2n1CC1CC1. The Kier molecular flexibility index (Phi) is 6.54. The summed E-state index contributed by atoms with van der Waals surface area (Å²) in [5, 5.41) is 0.835. The third-order valence-corrected chi connectivity index (χ3v) is 7.31. The van der Waals surface area contributed by atoms with Crippen molar-refractivity contribution >= 4 is 50.4 Å². The van der Waals surface area contributed by atoms with E-state index in [1.54, 1.807) is 42.5 Å². The number of hydrogen-bond donors (Lipinski definition) is 2. The second-order valence-electron chi connectivity index (χ2n) is 9.33. The third-order valence-electron chi connectivity index (χ3n) is 6.29. The molecule has 0 saturated heterocycles. The lowest BCUT2D eigenvalue weighted by Crippen LogP contribution is -2.14. The van der Waals surface area contributed by atoms with Gasteiger partial charge in [-0.25, -0.2) is 24.8 Å². The van der Waals surface area contributed by atoms with Gasteiger partial charge < -0.3 is 4.98 Å². The van der Waals surface area contributed by atoms with Crippen LogP contribution in [0.15, 0.2) is 54.6 Å². The largest absolute Gasteiger partial charge is 0.336 e. The predicted octanol–water partition coefficient (Wildman–Crippen LogP) is 6.31. The zero-order chi connectivity index (χ0) is 27.3. The van der Waals surface area contributed by atoms with Gasteiger partial charge in [0, 0.05) is 12.1 Å². The Hall–Kier alpha value is -3.51. The van der Waals surface area contributed by atoms with Crippen molar-refractivity contribution in [1.29, 1.82) is 0 Å². The molecule has 0 unspecified atom stereocenters. The van der Waals surface area contributed by atoms with Gasteiger partial charge in [0.1, 0.15) is 17.2 Å². The fourth-order valence-corrected chi connectivity index (χ4v) is 5.08. The Morgan fingerprint density at radius 2 is 1.77 bits per heavy atom. The zero-order valence-electron chi connectivity index (χ0n) is 20.5. The van der Waals surface area contributed by atoms with Crippen LogP contribution in [0.2, 0.25) is 10.0 Å². The van der Waals surface area contributed by atoms with Crippen LogP contribution in [-0.4, -0.2) is 39.2 Å². The van der Waals surface area contributed by atoms with Crippen LogP contribution in [0.4, 0.5) is 10.3 Å². The molecule has 0 amide bonds. The number of hydrogen-bond acceptors (Lipinski definition) is 7. The molecule has 0 spiro atoms. The summed E-state index contributed by atoms with van der Waals surface area (Å²) in [5.41, 5.74) is 6.36. The maximum absolute atomic E-state index is 13.7. The molecule has 5 aromatic rings. The van der Waals surface area contributed by atoms with Crippen LogP contribution in [0.3, 0.4) is 0 Å². The highest BCUT2D eigenvalue weighted by Gasteiger charge is 2.26. The molecule has 3 aromatic heterocycles. The van der Waals surface area contributed by atoms with Crippen molar-refractivity contribution in [1.82, 2.24) is 24.5 Å². The average molecular weight is 587 g/mol. The Morgan fingerprint density at radius 3 is 2.44 bits per heavy atom. The summed E-state index contributed by atoms with van der Waals surface area (Å²) in [7, 11) is -3.76. The van der Waals surface area contributed by atoms with Crippen molar-refractivity contribution in [3.63, 3.8) is 0 Å². The van der Waals surface area contributed by atoms with Crippen LogP contribution in [-0.2, 0) is 20.9 Å². The van der Waals surface area contributed by atoms with Gasteiger partial charge in [0.2, 0.25) is 5.95 Å². The van der Waals surface area contributed by atoms with Crippen LogP contribution >= 0.6 is 23.2 Å². The smallest absolute Gasteiger partial charge is 0.285 e. The molecule has 0 bridgehead atoms. The van der Waals surface area contributed by atoms with Gasteiger partial charge >= 0.3 is 0 Å². The number of rotatable bonds is 8. The van der Waals surface area contributed by atoms with Gasteiger partial charge in [-0.15, -0.1) is 4.28 Å². The molecule has 1 saturated carbocycles. The molecule has 0 aliphatic heterocycles. The van der Waals surface area contributed by atoms with E-state index >= 15 is 0 Å². The number of halogens is 3. The Labute approximate surface area is 233 Å². The second-order valence-corrected chi connectivity index (χ2v) is 11.7. The van der Waals surface area contributed by atoms with E-state index in [9.17, 15) is 12.8 Å². The van der Waals surface area contributed by atoms with Crippen molar-refractivity contribution in [2.24, 2.45) is 5.92 Å². The number of H-pyrrole nitrogens is 1. The molecule has 3 heterocycles. The Bertz CT molecular complexity index is 1800. The predicted molar refractivity (Wildman–Crippen MR) is 148 cm³/mol. The highest BCUT2D eigenvalue weighted by atomic mass is 35.5. The number of benzene rings is 2. The van der Waals surface area contributed by atoms with Gasteiger partial charge in [-0.3, -0.25) is 4.57 Å². The second kappa shape index (κ2) is 9.91. The van der Waals surface area contributed by atoms with Crippen molar-refractivity contribution in [3.8, 4) is 34.0 Å². The van der Waals surface area contributed by atoms with E-state index < -0.39 is 10.1 Å². The number of fused-ring (bicyclic) bond motifs is 1. The number of pyridine rings is 1. The van der Waals surface area contributed by atoms with Crippen LogP contribution < -0.4 is 5.48 Å². The Morgan fingerprint density at radius 1 is 1.05 bits per heavy atom. The highest BCUT2D eigenvalue weighted by Crippen LogP contribution is 2.39. The first-order chi connectivity index (χ1) is 18.7. The molecular formula is C26H21Cl2FN6O3S. The summed E-state index contributed by atoms with van der Waals surface area (Å²) in [4.78, 5) is 17.5. The number of anilines is 1. The molecule has 2 N–H and O–H groups in total. The van der Waals surface area contributed by atoms with E-state index in [4.69, 9.17) is 37.5 Å². The molecule has 200 valence electrons. The van der Waals surface area contributed by atoms with Crippen LogP contribution in [0.5, 0.6) is 0 Å². The number of nitrogens with zero attached hydrogens (tertiary/aromatic N) is 4. The van der Waals surface area contributed by atoms with Gasteiger partial charge in [0.05, 0.1) is 38.9 Å². The lowest BCUT2D eigenvalue weighted by molar-refractivity contribution is 0.387. The van der Waals surface area contributed by atoms with Crippen LogP contribution in [0, 0.1) is 11.7 Å². The fourth-order valence-electron chi connectivity index (χ4n) is 4.28. The first kappa shape index (κ1) is 25.8. The molecule has 0 radical (unpaired) electrons. The van der Waals surface area contributed by atoms with Gasteiger partial charge in [-0.1, -0.05) is 29.3 Å². The van der Waals surface area contributed by atoms with Crippen molar-refractivity contribution < 1.29 is 17.1 Å². The molecule has 6 rings (SSSR count). The van der Waals surface area contributed by atoms with E-state index in [0.717, 1.165) is 19.1 Å². The number of aromatic amines is 1. The van der Waals surface area contributed by atoms with E-state index in [2.05, 4.69) is 15.4 Å². The number of imidazole rings is 2. The number of aromatic nitrogens is 5. The third kappa shape index (κ3) is 5.35. The van der Waals surface area contributed by atoms with Crippen molar-refractivity contribution in [2.75, 3.05) is 11.7 Å². The average Bonchev–Trinajstić information content (AvgIpc) is 3.50. The highest BCUT2D eigenvalue weighted by molar-refractivity contribution is 7.86. The molecular weight excluding hydrogens is 566 g/mol. The minimum Gasteiger partial charge on any atom is -0.336 e. The Balaban J connectivity index is 1.51. The lowest BCUT2D eigenvalue weighted by Gasteiger charge is -2.09. The van der Waals surface area contributed by atoms with E-state index in [1.807, 2.05) is 4.57 Å². The van der Waals surface area contributed by atoms with Crippen LogP contribution in [0.1, 0.15) is 12.8 Å². The molecule has 9 nitrogen and oxygen atoms in total. The van der Waals surface area contributed by atoms with Crippen molar-refractivity contribution in [2.45, 2.75) is 19.4 Å². The topological polar surface area (TPSA) is 115 Å². The quantitative estimate of drug-likeness (QED) is 0.204. The summed E-state index contributed by atoms with van der Waals surface area (Å²) < 4.78 is 43.5. The first-order valence-electron chi connectivity index (χ1n) is 12.0. The lowest BCUT2D eigenvalue weighted by atomic mass is 10.1. The maximum Gasteiger partial charge on any atom is 0.285 e. The monoisotopic (exact) mass is 586 g/mol. The first-order valence-corrected chi connectivity index (χ1v) is 14.6. The molecule has 1 aliphatic rings. The maximum atomic E-state index is 13.7. The minimum atomic E-state index is -3.76. The fraction of sp³-hybridized carbons (Fsp3) is 0.192. The summed E-state index contributed by atoms with van der Waals surface area (Å²) >= 11 is 12.9. The molecule has 2 aromatic carbocycles. The van der Waals surface area contributed by atoms with Gasteiger partial charge in [-0.2, -0.15) is 8.42 Å². The van der Waals surface area contributed by atoms with Gasteiger partial charge in [-0.05, 0) is 67.3 Å². The summed E-state index contributed by atoms with van der Waals surface area (Å²) in [6.07, 6.45) is 3.06. The minimum absolute atomic E-state index is 0.235.